The van der Waals surface area contributed by atoms with E-state index >= 15 is 0 Å². The molecule has 0 atom stereocenters. The Morgan fingerprint density at radius 2 is 1.84 bits per heavy atom. The number of hydrogen-bond acceptors (Lipinski definition) is 8. The van der Waals surface area contributed by atoms with E-state index < -0.39 is 21.7 Å². The molecule has 1 aromatic carbocycles. The van der Waals surface area contributed by atoms with Crippen molar-refractivity contribution in [2.75, 3.05) is 31.7 Å². The highest BCUT2D eigenvalue weighted by Crippen LogP contribution is 2.29. The van der Waals surface area contributed by atoms with Crippen molar-refractivity contribution in [3.05, 3.63) is 53.9 Å². The summed E-state index contributed by atoms with van der Waals surface area (Å²) in [6, 6.07) is 6.27. The van der Waals surface area contributed by atoms with Crippen LogP contribution in [0.1, 0.15) is 18.4 Å². The Hall–Kier alpha value is -3.55. The number of anilines is 1. The average molecular weight is 529 g/mol. The van der Waals surface area contributed by atoms with Gasteiger partial charge in [-0.25, -0.2) is 36.5 Å². The van der Waals surface area contributed by atoms with E-state index in [1.807, 2.05) is 6.07 Å². The van der Waals surface area contributed by atoms with Gasteiger partial charge in [-0.15, -0.1) is 0 Å². The van der Waals surface area contributed by atoms with E-state index in [0.717, 1.165) is 0 Å². The molecule has 4 aromatic rings. The van der Waals surface area contributed by atoms with Crippen molar-refractivity contribution in [2.45, 2.75) is 25.4 Å². The molecule has 13 heteroatoms. The Morgan fingerprint density at radius 3 is 2.46 bits per heavy atom. The van der Waals surface area contributed by atoms with Crippen LogP contribution in [0, 0.1) is 11.6 Å². The Labute approximate surface area is 212 Å². The van der Waals surface area contributed by atoms with Crippen LogP contribution < -0.4 is 10.6 Å². The molecule has 3 aromatic heterocycles. The van der Waals surface area contributed by atoms with Crippen LogP contribution in [0.3, 0.4) is 0 Å². The maximum atomic E-state index is 14.8. The monoisotopic (exact) mass is 528 g/mol. The standard InChI is InChI=1S/C24H26F2N8O2S/c1-27-11-14-9-17(25)21(18(26)10-14)24-29-13-19-23(31-24)22(33-32-19)15-3-4-20(28-12-15)30-16-5-7-34(8-6-16)37(2,35)36/h3-4,9-10,12-13,16,27H,5-8,11H2,1-2H3,(H,28,30)(H,32,33). The van der Waals surface area contributed by atoms with Gasteiger partial charge in [0.25, 0.3) is 0 Å². The number of nitrogens with zero attached hydrogens (tertiary/aromatic N) is 5. The minimum absolute atomic E-state index is 0.0761. The first kappa shape index (κ1) is 25.1. The maximum absolute atomic E-state index is 14.8. The maximum Gasteiger partial charge on any atom is 0.211 e. The second kappa shape index (κ2) is 10.1. The first-order valence-electron chi connectivity index (χ1n) is 11.7. The smallest absolute Gasteiger partial charge is 0.211 e. The lowest BCUT2D eigenvalue weighted by Crippen LogP contribution is -2.41. The molecule has 1 fully saturated rings. The first-order valence-corrected chi connectivity index (χ1v) is 13.6. The Bertz CT molecular complexity index is 1510. The lowest BCUT2D eigenvalue weighted by atomic mass is 10.1. The van der Waals surface area contributed by atoms with Crippen molar-refractivity contribution in [1.82, 2.24) is 34.8 Å². The van der Waals surface area contributed by atoms with Crippen molar-refractivity contribution in [3.8, 4) is 22.6 Å². The number of pyridine rings is 1. The zero-order chi connectivity index (χ0) is 26.2. The van der Waals surface area contributed by atoms with Gasteiger partial charge in [-0.05, 0) is 49.7 Å². The van der Waals surface area contributed by atoms with Crippen LogP contribution in [0.4, 0.5) is 14.6 Å². The SMILES string of the molecule is CNCc1cc(F)c(-c2ncc3[nH]nc(-c4ccc(NC5CCN(S(C)(=O)=O)CC5)nc4)c3n2)c(F)c1. The predicted octanol–water partition coefficient (Wildman–Crippen LogP) is 2.92. The summed E-state index contributed by atoms with van der Waals surface area (Å²) in [7, 11) is -1.48. The van der Waals surface area contributed by atoms with Gasteiger partial charge in [0, 0.05) is 37.4 Å². The largest absolute Gasteiger partial charge is 0.367 e. The van der Waals surface area contributed by atoms with Gasteiger partial charge in [0.1, 0.15) is 34.2 Å². The number of hydrogen-bond donors (Lipinski definition) is 3. The Balaban J connectivity index is 1.37. The number of aromatic amines is 1. The van der Waals surface area contributed by atoms with Gasteiger partial charge in [-0.2, -0.15) is 5.10 Å². The van der Waals surface area contributed by atoms with Crippen molar-refractivity contribution in [3.63, 3.8) is 0 Å². The van der Waals surface area contributed by atoms with Crippen LogP contribution in [-0.4, -0.2) is 70.3 Å². The van der Waals surface area contributed by atoms with Gasteiger partial charge in [-0.3, -0.25) is 5.10 Å². The number of fused-ring (bicyclic) bond motifs is 1. The molecule has 1 aliphatic heterocycles. The number of H-pyrrole nitrogens is 1. The molecule has 0 saturated carbocycles. The van der Waals surface area contributed by atoms with Crippen molar-refractivity contribution in [2.24, 2.45) is 0 Å². The van der Waals surface area contributed by atoms with Gasteiger partial charge in [0.05, 0.1) is 18.0 Å². The summed E-state index contributed by atoms with van der Waals surface area (Å²) in [6.07, 6.45) is 5.67. The molecule has 0 radical (unpaired) electrons. The molecule has 5 rings (SSSR count). The molecule has 0 bridgehead atoms. The van der Waals surface area contributed by atoms with E-state index in [1.54, 1.807) is 19.3 Å². The fraction of sp³-hybridized carbons (Fsp3) is 0.333. The molecule has 1 aliphatic rings. The predicted molar refractivity (Wildman–Crippen MR) is 136 cm³/mol. The molecule has 0 unspecified atom stereocenters. The average Bonchev–Trinajstić information content (AvgIpc) is 3.28. The summed E-state index contributed by atoms with van der Waals surface area (Å²) in [5.74, 6) is -0.904. The van der Waals surface area contributed by atoms with Crippen LogP contribution >= 0.6 is 0 Å². The molecule has 0 amide bonds. The number of benzene rings is 1. The summed E-state index contributed by atoms with van der Waals surface area (Å²) >= 11 is 0. The quantitative estimate of drug-likeness (QED) is 0.334. The van der Waals surface area contributed by atoms with E-state index in [1.165, 1.54) is 28.9 Å². The fourth-order valence-electron chi connectivity index (χ4n) is 4.44. The molecule has 0 aliphatic carbocycles. The molecule has 1 saturated heterocycles. The van der Waals surface area contributed by atoms with Crippen molar-refractivity contribution < 1.29 is 17.2 Å². The molecule has 10 nitrogen and oxygen atoms in total. The van der Waals surface area contributed by atoms with Crippen molar-refractivity contribution >= 4 is 26.9 Å². The molecule has 0 spiro atoms. The summed E-state index contributed by atoms with van der Waals surface area (Å²) in [4.78, 5) is 13.0. The summed E-state index contributed by atoms with van der Waals surface area (Å²) in [5.41, 5.74) is 2.26. The number of aromatic nitrogens is 5. The zero-order valence-corrected chi connectivity index (χ0v) is 21.1. The minimum atomic E-state index is -3.18. The van der Waals surface area contributed by atoms with Crippen LogP contribution in [0.25, 0.3) is 33.7 Å². The van der Waals surface area contributed by atoms with E-state index in [0.29, 0.717) is 66.1 Å². The second-order valence-corrected chi connectivity index (χ2v) is 11.0. The zero-order valence-electron chi connectivity index (χ0n) is 20.3. The third-order valence-electron chi connectivity index (χ3n) is 6.32. The van der Waals surface area contributed by atoms with Crippen molar-refractivity contribution in [1.29, 1.82) is 0 Å². The third kappa shape index (κ3) is 5.29. The number of piperidine rings is 1. The number of sulfonamides is 1. The van der Waals surface area contributed by atoms with E-state index in [-0.39, 0.29) is 17.4 Å². The highest BCUT2D eigenvalue weighted by Gasteiger charge is 2.25. The second-order valence-electron chi connectivity index (χ2n) is 9.01. The van der Waals surface area contributed by atoms with E-state index in [9.17, 15) is 17.2 Å². The van der Waals surface area contributed by atoms with Gasteiger partial charge >= 0.3 is 0 Å². The van der Waals surface area contributed by atoms with Gasteiger partial charge in [-0.1, -0.05) is 0 Å². The topological polar surface area (TPSA) is 129 Å². The first-order chi connectivity index (χ1) is 17.7. The van der Waals surface area contributed by atoms with Crippen LogP contribution in [0.5, 0.6) is 0 Å². The van der Waals surface area contributed by atoms with Crippen LogP contribution in [0.15, 0.2) is 36.7 Å². The number of nitrogens with one attached hydrogen (secondary N) is 3. The molecular formula is C24H26F2N8O2S. The normalized spacial score (nSPS) is 15.4. The fourth-order valence-corrected chi connectivity index (χ4v) is 5.31. The van der Waals surface area contributed by atoms with Gasteiger partial charge < -0.3 is 10.6 Å². The highest BCUT2D eigenvalue weighted by atomic mass is 32.2. The summed E-state index contributed by atoms with van der Waals surface area (Å²) in [6.45, 7) is 1.27. The molecule has 3 N–H and O–H groups in total. The number of rotatable bonds is 7. The molecular weight excluding hydrogens is 502 g/mol. The van der Waals surface area contributed by atoms with Gasteiger partial charge in [0.2, 0.25) is 10.0 Å². The van der Waals surface area contributed by atoms with E-state index in [4.69, 9.17) is 0 Å². The molecule has 194 valence electrons. The van der Waals surface area contributed by atoms with Crippen LogP contribution in [0.2, 0.25) is 0 Å². The lowest BCUT2D eigenvalue weighted by molar-refractivity contribution is 0.331. The third-order valence-corrected chi connectivity index (χ3v) is 7.62. The summed E-state index contributed by atoms with van der Waals surface area (Å²) in [5, 5.41) is 13.4. The number of halogens is 2. The minimum Gasteiger partial charge on any atom is -0.367 e. The van der Waals surface area contributed by atoms with Gasteiger partial charge in [0.15, 0.2) is 5.82 Å². The Morgan fingerprint density at radius 1 is 1.11 bits per heavy atom. The van der Waals surface area contributed by atoms with Crippen LogP contribution in [-0.2, 0) is 16.6 Å². The highest BCUT2D eigenvalue weighted by molar-refractivity contribution is 7.88. The molecule has 4 heterocycles. The lowest BCUT2D eigenvalue weighted by Gasteiger charge is -2.30. The molecule has 37 heavy (non-hydrogen) atoms. The summed E-state index contributed by atoms with van der Waals surface area (Å²) < 4.78 is 54.4. The Kier molecular flexibility index (Phi) is 6.84. The van der Waals surface area contributed by atoms with E-state index in [2.05, 4.69) is 35.8 Å².